The maximum atomic E-state index is 12.4. The van der Waals surface area contributed by atoms with Crippen molar-refractivity contribution in [1.82, 2.24) is 4.98 Å². The van der Waals surface area contributed by atoms with Gasteiger partial charge in [0.15, 0.2) is 0 Å². The molecule has 0 aliphatic rings. The Kier molecular flexibility index (Phi) is 3.81. The quantitative estimate of drug-likeness (QED) is 0.839. The van der Waals surface area contributed by atoms with Crippen LogP contribution in [0.15, 0.2) is 36.7 Å². The summed E-state index contributed by atoms with van der Waals surface area (Å²) in [6.45, 7) is 4.04. The van der Waals surface area contributed by atoms with Crippen LogP contribution in [0, 0.1) is 25.2 Å². The number of aryl methyl sites for hydroxylation is 2. The van der Waals surface area contributed by atoms with Gasteiger partial charge in [-0.3, -0.25) is 9.78 Å². The maximum absolute atomic E-state index is 12.4. The van der Waals surface area contributed by atoms with Gasteiger partial charge in [-0.2, -0.15) is 5.26 Å². The Morgan fingerprint density at radius 3 is 2.60 bits per heavy atom. The van der Waals surface area contributed by atoms with E-state index < -0.39 is 0 Å². The lowest BCUT2D eigenvalue weighted by atomic mass is 10.1. The van der Waals surface area contributed by atoms with Gasteiger partial charge in [-0.25, -0.2) is 0 Å². The second kappa shape index (κ2) is 5.54. The minimum absolute atomic E-state index is 0.183. The van der Waals surface area contributed by atoms with Crippen LogP contribution in [0.25, 0.3) is 0 Å². The molecule has 0 fully saturated rings. The summed E-state index contributed by atoms with van der Waals surface area (Å²) >= 11 is 0. The zero-order chi connectivity index (χ0) is 14.7. The fraction of sp³-hybridized carbons (Fsp3) is 0.188. The molecule has 2 aromatic rings. The Balaban J connectivity index is 2.32. The second-order valence-electron chi connectivity index (χ2n) is 4.71. The average Bonchev–Trinajstić information content (AvgIpc) is 2.48. The van der Waals surface area contributed by atoms with Crippen LogP contribution in [-0.4, -0.2) is 17.9 Å². The molecule has 20 heavy (non-hydrogen) atoms. The third-order valence-electron chi connectivity index (χ3n) is 3.30. The minimum atomic E-state index is -0.183. The van der Waals surface area contributed by atoms with E-state index in [1.807, 2.05) is 38.1 Å². The molecule has 1 aromatic carbocycles. The maximum Gasteiger partial charge on any atom is 0.259 e. The van der Waals surface area contributed by atoms with Crippen LogP contribution in [0.1, 0.15) is 27.0 Å². The van der Waals surface area contributed by atoms with Gasteiger partial charge in [0.25, 0.3) is 5.91 Å². The topological polar surface area (TPSA) is 57.0 Å². The minimum Gasteiger partial charge on any atom is -0.311 e. The predicted octanol–water partition coefficient (Wildman–Crippen LogP) is 2.85. The fourth-order valence-corrected chi connectivity index (χ4v) is 1.86. The number of anilines is 1. The highest BCUT2D eigenvalue weighted by molar-refractivity contribution is 6.05. The van der Waals surface area contributed by atoms with E-state index in [0.29, 0.717) is 11.1 Å². The number of pyridine rings is 1. The van der Waals surface area contributed by atoms with Crippen molar-refractivity contribution in [2.24, 2.45) is 0 Å². The molecule has 0 bridgehead atoms. The van der Waals surface area contributed by atoms with Crippen molar-refractivity contribution < 1.29 is 4.79 Å². The number of hydrogen-bond donors (Lipinski definition) is 0. The van der Waals surface area contributed by atoms with E-state index in [9.17, 15) is 4.79 Å². The standard InChI is InChI=1S/C16H15N3O/c1-11-4-5-15(6-12(11)2)19(3)16(20)14-7-13(8-17)9-18-10-14/h4-7,9-10H,1-3H3. The van der Waals surface area contributed by atoms with E-state index in [4.69, 9.17) is 5.26 Å². The molecule has 0 aliphatic heterocycles. The van der Waals surface area contributed by atoms with Gasteiger partial charge in [0.05, 0.1) is 11.1 Å². The van der Waals surface area contributed by atoms with Crippen molar-refractivity contribution in [3.05, 3.63) is 58.9 Å². The number of rotatable bonds is 2. The molecule has 0 spiro atoms. The SMILES string of the molecule is Cc1ccc(N(C)C(=O)c2cncc(C#N)c2)cc1C. The average molecular weight is 265 g/mol. The van der Waals surface area contributed by atoms with Crippen molar-refractivity contribution >= 4 is 11.6 Å². The van der Waals surface area contributed by atoms with E-state index >= 15 is 0 Å². The zero-order valence-corrected chi connectivity index (χ0v) is 11.7. The number of carbonyl (C=O) groups is 1. The molecule has 0 radical (unpaired) electrons. The first-order valence-electron chi connectivity index (χ1n) is 6.23. The van der Waals surface area contributed by atoms with Crippen LogP contribution in [0.3, 0.4) is 0 Å². The second-order valence-corrected chi connectivity index (χ2v) is 4.71. The molecule has 0 aliphatic carbocycles. The zero-order valence-electron chi connectivity index (χ0n) is 11.7. The number of aromatic nitrogens is 1. The molecule has 4 heteroatoms. The highest BCUT2D eigenvalue weighted by Crippen LogP contribution is 2.19. The van der Waals surface area contributed by atoms with Crippen LogP contribution in [0.5, 0.6) is 0 Å². The highest BCUT2D eigenvalue weighted by atomic mass is 16.2. The first-order valence-corrected chi connectivity index (χ1v) is 6.23. The normalized spacial score (nSPS) is 9.90. The molecular formula is C16H15N3O. The summed E-state index contributed by atoms with van der Waals surface area (Å²) in [6.07, 6.45) is 2.91. The number of amides is 1. The number of nitriles is 1. The van der Waals surface area contributed by atoms with Crippen LogP contribution in [-0.2, 0) is 0 Å². The number of carbonyl (C=O) groups excluding carboxylic acids is 1. The van der Waals surface area contributed by atoms with Crippen molar-refractivity contribution in [1.29, 1.82) is 5.26 Å². The summed E-state index contributed by atoms with van der Waals surface area (Å²) in [7, 11) is 1.71. The third kappa shape index (κ3) is 2.67. The highest BCUT2D eigenvalue weighted by Gasteiger charge is 2.14. The lowest BCUT2D eigenvalue weighted by Crippen LogP contribution is -2.26. The lowest BCUT2D eigenvalue weighted by molar-refractivity contribution is 0.0992. The van der Waals surface area contributed by atoms with E-state index in [0.717, 1.165) is 11.3 Å². The Morgan fingerprint density at radius 2 is 1.95 bits per heavy atom. The first kappa shape index (κ1) is 13.8. The molecule has 1 amide bonds. The van der Waals surface area contributed by atoms with Gasteiger partial charge < -0.3 is 4.90 Å². The molecule has 100 valence electrons. The predicted molar refractivity (Wildman–Crippen MR) is 77.6 cm³/mol. The molecule has 2 rings (SSSR count). The summed E-state index contributed by atoms with van der Waals surface area (Å²) < 4.78 is 0. The van der Waals surface area contributed by atoms with Crippen LogP contribution < -0.4 is 4.90 Å². The Labute approximate surface area is 118 Å². The van der Waals surface area contributed by atoms with E-state index in [1.54, 1.807) is 18.0 Å². The van der Waals surface area contributed by atoms with Crippen molar-refractivity contribution in [3.63, 3.8) is 0 Å². The molecule has 1 aromatic heterocycles. The number of benzene rings is 1. The fourth-order valence-electron chi connectivity index (χ4n) is 1.86. The molecule has 0 saturated carbocycles. The number of hydrogen-bond acceptors (Lipinski definition) is 3. The smallest absolute Gasteiger partial charge is 0.259 e. The van der Waals surface area contributed by atoms with Crippen molar-refractivity contribution in [3.8, 4) is 6.07 Å². The van der Waals surface area contributed by atoms with Crippen molar-refractivity contribution in [2.75, 3.05) is 11.9 Å². The molecule has 4 nitrogen and oxygen atoms in total. The largest absolute Gasteiger partial charge is 0.311 e. The summed E-state index contributed by atoms with van der Waals surface area (Å²) in [5.74, 6) is -0.183. The lowest BCUT2D eigenvalue weighted by Gasteiger charge is -2.18. The first-order chi connectivity index (χ1) is 9.52. The third-order valence-corrected chi connectivity index (χ3v) is 3.30. The van der Waals surface area contributed by atoms with E-state index in [2.05, 4.69) is 4.98 Å². The molecule has 0 atom stereocenters. The summed E-state index contributed by atoms with van der Waals surface area (Å²) in [5, 5.41) is 8.85. The van der Waals surface area contributed by atoms with Gasteiger partial charge >= 0.3 is 0 Å². The van der Waals surface area contributed by atoms with Crippen LogP contribution in [0.4, 0.5) is 5.69 Å². The van der Waals surface area contributed by atoms with Crippen LogP contribution >= 0.6 is 0 Å². The Bertz CT molecular complexity index is 701. The Morgan fingerprint density at radius 1 is 1.20 bits per heavy atom. The molecular weight excluding hydrogens is 250 g/mol. The summed E-state index contributed by atoms with van der Waals surface area (Å²) in [5.41, 5.74) is 3.92. The van der Waals surface area contributed by atoms with Gasteiger partial charge in [0.1, 0.15) is 6.07 Å². The monoisotopic (exact) mass is 265 g/mol. The molecule has 0 saturated heterocycles. The van der Waals surface area contributed by atoms with Gasteiger partial charge in [-0.1, -0.05) is 6.07 Å². The Hall–Kier alpha value is -2.67. The van der Waals surface area contributed by atoms with Gasteiger partial charge in [0.2, 0.25) is 0 Å². The molecule has 0 N–H and O–H groups in total. The summed E-state index contributed by atoms with van der Waals surface area (Å²) in [6, 6.07) is 9.39. The summed E-state index contributed by atoms with van der Waals surface area (Å²) in [4.78, 5) is 17.9. The van der Waals surface area contributed by atoms with Gasteiger partial charge in [-0.05, 0) is 43.2 Å². The molecule has 1 heterocycles. The van der Waals surface area contributed by atoms with Crippen LogP contribution in [0.2, 0.25) is 0 Å². The van der Waals surface area contributed by atoms with E-state index in [-0.39, 0.29) is 5.91 Å². The molecule has 0 unspecified atom stereocenters. The van der Waals surface area contributed by atoms with E-state index in [1.165, 1.54) is 18.0 Å². The van der Waals surface area contributed by atoms with Crippen molar-refractivity contribution in [2.45, 2.75) is 13.8 Å². The van der Waals surface area contributed by atoms with Gasteiger partial charge in [0, 0.05) is 25.1 Å². The van der Waals surface area contributed by atoms with Gasteiger partial charge in [-0.15, -0.1) is 0 Å². The number of nitrogens with zero attached hydrogens (tertiary/aromatic N) is 3.